The second kappa shape index (κ2) is 5.95. The van der Waals surface area contributed by atoms with Crippen molar-refractivity contribution in [3.8, 4) is 0 Å². The quantitative estimate of drug-likeness (QED) is 0.528. The molecule has 27 heavy (non-hydrogen) atoms. The zero-order valence-electron chi connectivity index (χ0n) is 14.8. The average Bonchev–Trinajstić information content (AvgIpc) is 3.41. The number of aromatic nitrogens is 7. The zero-order chi connectivity index (χ0) is 18.5. The minimum Gasteiger partial charge on any atom is -0.323 e. The third kappa shape index (κ3) is 2.52. The Bertz CT molecular complexity index is 1300. The Labute approximate surface area is 157 Å². The minimum absolute atomic E-state index is 0.147. The van der Waals surface area contributed by atoms with E-state index in [-0.39, 0.29) is 5.56 Å². The smallest absolute Gasteiger partial charge is 0.291 e. The van der Waals surface area contributed by atoms with Gasteiger partial charge in [0.15, 0.2) is 5.65 Å². The second-order valence-corrected chi connectivity index (χ2v) is 7.53. The summed E-state index contributed by atoms with van der Waals surface area (Å²) >= 11 is 1.60. The molecule has 10 heteroatoms. The fourth-order valence-corrected chi connectivity index (χ4v) is 4.43. The molecule has 0 amide bonds. The van der Waals surface area contributed by atoms with E-state index < -0.39 is 0 Å². The van der Waals surface area contributed by atoms with Crippen molar-refractivity contribution in [3.05, 3.63) is 45.6 Å². The monoisotopic (exact) mass is 380 g/mol. The number of hydrogen-bond acceptors (Lipinski definition) is 7. The first-order chi connectivity index (χ1) is 13.1. The van der Waals surface area contributed by atoms with Crippen molar-refractivity contribution in [1.29, 1.82) is 0 Å². The van der Waals surface area contributed by atoms with Crippen LogP contribution in [0.15, 0.2) is 34.3 Å². The first kappa shape index (κ1) is 16.1. The molecule has 4 aromatic heterocycles. The number of thiazole rings is 1. The number of aliphatic imine (C=N–C) groups is 1. The van der Waals surface area contributed by atoms with Crippen LogP contribution < -0.4 is 5.56 Å². The fourth-order valence-electron chi connectivity index (χ4n) is 3.31. The van der Waals surface area contributed by atoms with Crippen LogP contribution in [-0.2, 0) is 27.1 Å². The van der Waals surface area contributed by atoms with Crippen molar-refractivity contribution in [2.45, 2.75) is 13.0 Å². The lowest BCUT2D eigenvalue weighted by Crippen LogP contribution is -2.25. The fraction of sp³-hybridized carbons (Fsp3) is 0.294. The van der Waals surface area contributed by atoms with E-state index in [1.807, 2.05) is 23.8 Å². The number of nitrogens with zero attached hydrogens (tertiary/aromatic N) is 8. The summed E-state index contributed by atoms with van der Waals surface area (Å²) in [6, 6.07) is 0. The Morgan fingerprint density at radius 3 is 2.89 bits per heavy atom. The molecule has 136 valence electrons. The molecule has 0 saturated carbocycles. The summed E-state index contributed by atoms with van der Waals surface area (Å²) in [5.41, 5.74) is 3.13. The van der Waals surface area contributed by atoms with Crippen molar-refractivity contribution in [3.63, 3.8) is 0 Å². The Kier molecular flexibility index (Phi) is 3.54. The molecule has 4 aromatic rings. The van der Waals surface area contributed by atoms with Crippen LogP contribution in [0.2, 0.25) is 0 Å². The highest BCUT2D eigenvalue weighted by molar-refractivity contribution is 7.19. The molecule has 0 radical (unpaired) electrons. The highest BCUT2D eigenvalue weighted by atomic mass is 32.1. The average molecular weight is 380 g/mol. The molecule has 0 aromatic carbocycles. The highest BCUT2D eigenvalue weighted by Crippen LogP contribution is 2.31. The van der Waals surface area contributed by atoms with Crippen LogP contribution in [0, 0.1) is 0 Å². The molecule has 5 heterocycles. The van der Waals surface area contributed by atoms with Gasteiger partial charge in [0.25, 0.3) is 5.56 Å². The number of aryl methyl sites for hydroxylation is 2. The summed E-state index contributed by atoms with van der Waals surface area (Å²) in [6.45, 7) is 1.07. The van der Waals surface area contributed by atoms with E-state index in [0.717, 1.165) is 45.1 Å². The summed E-state index contributed by atoms with van der Waals surface area (Å²) < 4.78 is 5.92. The van der Waals surface area contributed by atoms with Crippen molar-refractivity contribution in [1.82, 2.24) is 34.3 Å². The van der Waals surface area contributed by atoms with Gasteiger partial charge in [-0.3, -0.25) is 14.5 Å². The van der Waals surface area contributed by atoms with Gasteiger partial charge in [-0.2, -0.15) is 5.10 Å². The molecular weight excluding hydrogens is 364 g/mol. The predicted octanol–water partition coefficient (Wildman–Crippen LogP) is 1.07. The topological polar surface area (TPSA) is 95.8 Å². The third-order valence-corrected chi connectivity index (χ3v) is 5.81. The SMILES string of the molecule is Cn1nncc1Cn1ncc2c3sc(CC4=NCC=C4)nc3n(C)c2c1=O. The van der Waals surface area contributed by atoms with Crippen LogP contribution >= 0.6 is 11.3 Å². The van der Waals surface area contributed by atoms with E-state index in [4.69, 9.17) is 4.98 Å². The van der Waals surface area contributed by atoms with Gasteiger partial charge in [0.1, 0.15) is 10.5 Å². The molecule has 9 nitrogen and oxygen atoms in total. The van der Waals surface area contributed by atoms with E-state index in [9.17, 15) is 4.79 Å². The molecule has 0 fully saturated rings. The molecule has 0 saturated heterocycles. The van der Waals surface area contributed by atoms with Gasteiger partial charge in [0.2, 0.25) is 0 Å². The van der Waals surface area contributed by atoms with E-state index in [1.54, 1.807) is 35.5 Å². The van der Waals surface area contributed by atoms with E-state index in [2.05, 4.69) is 20.4 Å². The van der Waals surface area contributed by atoms with Crippen molar-refractivity contribution in [2.24, 2.45) is 19.1 Å². The van der Waals surface area contributed by atoms with Crippen LogP contribution in [0.4, 0.5) is 0 Å². The second-order valence-electron chi connectivity index (χ2n) is 6.45. The molecule has 0 spiro atoms. The van der Waals surface area contributed by atoms with Crippen molar-refractivity contribution in [2.75, 3.05) is 6.54 Å². The molecule has 0 aliphatic carbocycles. The van der Waals surface area contributed by atoms with Gasteiger partial charge in [-0.05, 0) is 6.08 Å². The Balaban J connectivity index is 1.60. The first-order valence-corrected chi connectivity index (χ1v) is 9.31. The first-order valence-electron chi connectivity index (χ1n) is 8.49. The number of hydrogen-bond donors (Lipinski definition) is 0. The van der Waals surface area contributed by atoms with Gasteiger partial charge in [-0.25, -0.2) is 9.67 Å². The molecule has 0 unspecified atom stereocenters. The largest absolute Gasteiger partial charge is 0.323 e. The van der Waals surface area contributed by atoms with E-state index >= 15 is 0 Å². The normalized spacial score (nSPS) is 13.9. The predicted molar refractivity (Wildman–Crippen MR) is 103 cm³/mol. The van der Waals surface area contributed by atoms with Crippen LogP contribution in [0.25, 0.3) is 21.3 Å². The molecule has 0 atom stereocenters. The van der Waals surface area contributed by atoms with E-state index in [1.165, 1.54) is 4.68 Å². The van der Waals surface area contributed by atoms with Gasteiger partial charge in [-0.15, -0.1) is 16.4 Å². The molecule has 0 N–H and O–H groups in total. The maximum atomic E-state index is 13.0. The summed E-state index contributed by atoms with van der Waals surface area (Å²) in [6.07, 6.45) is 8.18. The van der Waals surface area contributed by atoms with Crippen LogP contribution in [0.1, 0.15) is 10.7 Å². The maximum absolute atomic E-state index is 13.0. The van der Waals surface area contributed by atoms with Crippen molar-refractivity contribution < 1.29 is 0 Å². The third-order valence-electron chi connectivity index (χ3n) is 4.73. The minimum atomic E-state index is -0.147. The number of rotatable bonds is 4. The lowest BCUT2D eigenvalue weighted by molar-refractivity contribution is 0.589. The molecular formula is C17H16N8OS. The van der Waals surface area contributed by atoms with Crippen molar-refractivity contribution >= 4 is 38.3 Å². The molecule has 1 aliphatic rings. The Morgan fingerprint density at radius 1 is 1.26 bits per heavy atom. The number of allylic oxidation sites excluding steroid dienone is 1. The lowest BCUT2D eigenvalue weighted by atomic mass is 10.3. The van der Waals surface area contributed by atoms with Gasteiger partial charge >= 0.3 is 0 Å². The summed E-state index contributed by atoms with van der Waals surface area (Å²) in [5, 5.41) is 13.9. The van der Waals surface area contributed by atoms with E-state index in [0.29, 0.717) is 12.1 Å². The highest BCUT2D eigenvalue weighted by Gasteiger charge is 2.19. The summed E-state index contributed by atoms with van der Waals surface area (Å²) in [7, 11) is 3.66. The Hall–Kier alpha value is -3.14. The molecule has 5 rings (SSSR count). The van der Waals surface area contributed by atoms with Crippen LogP contribution in [-0.4, -0.2) is 46.6 Å². The molecule has 0 bridgehead atoms. The van der Waals surface area contributed by atoms with Gasteiger partial charge in [-0.1, -0.05) is 11.3 Å². The maximum Gasteiger partial charge on any atom is 0.291 e. The van der Waals surface area contributed by atoms with Gasteiger partial charge in [0.05, 0.1) is 35.9 Å². The summed E-state index contributed by atoms with van der Waals surface area (Å²) in [5.74, 6) is 0. The lowest BCUT2D eigenvalue weighted by Gasteiger charge is -2.05. The van der Waals surface area contributed by atoms with Crippen LogP contribution in [0.5, 0.6) is 0 Å². The summed E-state index contributed by atoms with van der Waals surface area (Å²) in [4.78, 5) is 22.2. The Morgan fingerprint density at radius 2 is 2.15 bits per heavy atom. The van der Waals surface area contributed by atoms with Gasteiger partial charge < -0.3 is 4.57 Å². The molecule has 1 aliphatic heterocycles. The van der Waals surface area contributed by atoms with Crippen LogP contribution in [0.3, 0.4) is 0 Å². The zero-order valence-corrected chi connectivity index (χ0v) is 15.6. The number of fused-ring (bicyclic) bond motifs is 3. The standard InChI is InChI=1S/C17H16N8OS/c1-23-14-12(8-20-25(17(14)26)9-11-7-19-22-24(11)2)15-16(23)21-13(27-15)6-10-4-3-5-18-10/h3-4,7-8H,5-6,9H2,1-2H3. The van der Waals surface area contributed by atoms with Gasteiger partial charge in [0, 0.05) is 31.6 Å².